The normalized spacial score (nSPS) is 12.5. The topological polar surface area (TPSA) is 25.4 Å². The highest BCUT2D eigenvalue weighted by Gasteiger charge is 2.18. The molecule has 124 valence electrons. The van der Waals surface area contributed by atoms with Gasteiger partial charge in [0.15, 0.2) is 0 Å². The van der Waals surface area contributed by atoms with E-state index in [0.29, 0.717) is 5.88 Å². The fourth-order valence-corrected chi connectivity index (χ4v) is 2.92. The van der Waals surface area contributed by atoms with Crippen LogP contribution in [0.25, 0.3) is 10.8 Å². The SMILES string of the molecule is CCN(CC)C[C@@H](Oc1nccc2ccccc12)c1ccccc1. The summed E-state index contributed by atoms with van der Waals surface area (Å²) in [5, 5.41) is 2.21. The molecule has 0 amide bonds. The Bertz CT molecular complexity index is 764. The highest BCUT2D eigenvalue weighted by Crippen LogP contribution is 2.28. The number of fused-ring (bicyclic) bond motifs is 1. The second kappa shape index (κ2) is 7.93. The molecule has 0 unspecified atom stereocenters. The van der Waals surface area contributed by atoms with E-state index in [0.717, 1.165) is 30.4 Å². The largest absolute Gasteiger partial charge is 0.468 e. The molecule has 3 heteroatoms. The van der Waals surface area contributed by atoms with Crippen LogP contribution in [0.15, 0.2) is 66.9 Å². The number of ether oxygens (including phenoxy) is 1. The van der Waals surface area contributed by atoms with Gasteiger partial charge in [-0.2, -0.15) is 0 Å². The first-order chi connectivity index (χ1) is 11.8. The van der Waals surface area contributed by atoms with Gasteiger partial charge in [0.05, 0.1) is 0 Å². The first-order valence-electron chi connectivity index (χ1n) is 8.59. The van der Waals surface area contributed by atoms with Crippen molar-refractivity contribution < 1.29 is 4.74 Å². The lowest BCUT2D eigenvalue weighted by Crippen LogP contribution is -2.30. The summed E-state index contributed by atoms with van der Waals surface area (Å²) in [5.41, 5.74) is 1.18. The Balaban J connectivity index is 1.93. The fourth-order valence-electron chi connectivity index (χ4n) is 2.92. The van der Waals surface area contributed by atoms with Gasteiger partial charge in [0.1, 0.15) is 6.10 Å². The summed E-state index contributed by atoms with van der Waals surface area (Å²) in [6.07, 6.45) is 1.78. The molecule has 1 atom stereocenters. The van der Waals surface area contributed by atoms with E-state index in [1.165, 1.54) is 5.56 Å². The van der Waals surface area contributed by atoms with Crippen LogP contribution in [-0.4, -0.2) is 29.5 Å². The molecule has 0 saturated carbocycles. The quantitative estimate of drug-likeness (QED) is 0.631. The van der Waals surface area contributed by atoms with Crippen molar-refractivity contribution in [3.63, 3.8) is 0 Å². The van der Waals surface area contributed by atoms with Crippen LogP contribution in [0.3, 0.4) is 0 Å². The van der Waals surface area contributed by atoms with Crippen molar-refractivity contribution in [2.75, 3.05) is 19.6 Å². The summed E-state index contributed by atoms with van der Waals surface area (Å²) in [7, 11) is 0. The number of aromatic nitrogens is 1. The Hall–Kier alpha value is -2.39. The molecular formula is C21H24N2O. The number of rotatable bonds is 7. The van der Waals surface area contributed by atoms with Crippen LogP contribution < -0.4 is 4.74 Å². The Morgan fingerprint density at radius 2 is 1.62 bits per heavy atom. The van der Waals surface area contributed by atoms with Gasteiger partial charge >= 0.3 is 0 Å². The molecule has 0 N–H and O–H groups in total. The molecule has 0 fully saturated rings. The van der Waals surface area contributed by atoms with Crippen molar-refractivity contribution in [3.05, 3.63) is 72.4 Å². The number of pyridine rings is 1. The van der Waals surface area contributed by atoms with Crippen LogP contribution in [-0.2, 0) is 0 Å². The fraction of sp³-hybridized carbons (Fsp3) is 0.286. The van der Waals surface area contributed by atoms with Gasteiger partial charge in [-0.05, 0) is 36.2 Å². The molecule has 0 aliphatic rings. The summed E-state index contributed by atoms with van der Waals surface area (Å²) in [4.78, 5) is 6.87. The summed E-state index contributed by atoms with van der Waals surface area (Å²) in [6, 6.07) is 20.6. The Morgan fingerprint density at radius 1 is 0.917 bits per heavy atom. The number of benzene rings is 2. The molecule has 0 aliphatic carbocycles. The van der Waals surface area contributed by atoms with Gasteiger partial charge in [0.2, 0.25) is 5.88 Å². The van der Waals surface area contributed by atoms with Crippen molar-refractivity contribution in [1.82, 2.24) is 9.88 Å². The maximum atomic E-state index is 6.40. The van der Waals surface area contributed by atoms with Gasteiger partial charge in [-0.25, -0.2) is 4.98 Å². The first-order valence-corrected chi connectivity index (χ1v) is 8.59. The van der Waals surface area contributed by atoms with E-state index in [1.54, 1.807) is 0 Å². The minimum absolute atomic E-state index is 0.0376. The molecule has 0 spiro atoms. The maximum absolute atomic E-state index is 6.40. The molecule has 3 nitrogen and oxygen atoms in total. The van der Waals surface area contributed by atoms with Crippen molar-refractivity contribution in [2.24, 2.45) is 0 Å². The van der Waals surface area contributed by atoms with Gasteiger partial charge in [-0.15, -0.1) is 0 Å². The lowest BCUT2D eigenvalue weighted by Gasteiger charge is -2.26. The standard InChI is InChI=1S/C21H24N2O/c1-3-23(4-2)16-20(18-11-6-5-7-12-18)24-21-19-13-9-8-10-17(19)14-15-22-21/h5-15,20H,3-4,16H2,1-2H3/t20-/m1/s1. The van der Waals surface area contributed by atoms with E-state index in [1.807, 2.05) is 30.5 Å². The van der Waals surface area contributed by atoms with E-state index < -0.39 is 0 Å². The van der Waals surface area contributed by atoms with Gasteiger partial charge in [-0.3, -0.25) is 4.90 Å². The first kappa shape index (κ1) is 16.5. The minimum atomic E-state index is -0.0376. The van der Waals surface area contributed by atoms with Crippen LogP contribution in [0.5, 0.6) is 5.88 Å². The van der Waals surface area contributed by atoms with Crippen LogP contribution in [0.4, 0.5) is 0 Å². The zero-order chi connectivity index (χ0) is 16.8. The monoisotopic (exact) mass is 320 g/mol. The van der Waals surface area contributed by atoms with E-state index in [9.17, 15) is 0 Å². The summed E-state index contributed by atoms with van der Waals surface area (Å²) < 4.78 is 6.40. The Morgan fingerprint density at radius 3 is 2.38 bits per heavy atom. The maximum Gasteiger partial charge on any atom is 0.221 e. The third kappa shape index (κ3) is 3.74. The second-order valence-electron chi connectivity index (χ2n) is 5.84. The van der Waals surface area contributed by atoms with E-state index in [4.69, 9.17) is 4.74 Å². The molecular weight excluding hydrogens is 296 g/mol. The molecule has 1 heterocycles. The summed E-state index contributed by atoms with van der Waals surface area (Å²) in [6.45, 7) is 7.23. The summed E-state index contributed by atoms with van der Waals surface area (Å²) >= 11 is 0. The molecule has 0 saturated heterocycles. The average molecular weight is 320 g/mol. The van der Waals surface area contributed by atoms with Crippen LogP contribution in [0.2, 0.25) is 0 Å². The average Bonchev–Trinajstić information content (AvgIpc) is 2.66. The lowest BCUT2D eigenvalue weighted by atomic mass is 10.1. The van der Waals surface area contributed by atoms with Crippen molar-refractivity contribution in [1.29, 1.82) is 0 Å². The molecule has 1 aromatic heterocycles. The smallest absolute Gasteiger partial charge is 0.221 e. The number of hydrogen-bond acceptors (Lipinski definition) is 3. The molecule has 3 aromatic rings. The van der Waals surface area contributed by atoms with Gasteiger partial charge in [0, 0.05) is 18.1 Å². The zero-order valence-electron chi connectivity index (χ0n) is 14.4. The van der Waals surface area contributed by atoms with Crippen LogP contribution in [0.1, 0.15) is 25.5 Å². The molecule has 3 rings (SSSR count). The lowest BCUT2D eigenvalue weighted by molar-refractivity contribution is 0.137. The zero-order valence-corrected chi connectivity index (χ0v) is 14.4. The second-order valence-corrected chi connectivity index (χ2v) is 5.84. The highest BCUT2D eigenvalue weighted by molar-refractivity contribution is 5.86. The third-order valence-electron chi connectivity index (χ3n) is 4.38. The number of nitrogens with zero attached hydrogens (tertiary/aromatic N) is 2. The van der Waals surface area contributed by atoms with E-state index in [2.05, 4.69) is 60.1 Å². The minimum Gasteiger partial charge on any atom is -0.468 e. The molecule has 0 bridgehead atoms. The molecule has 0 radical (unpaired) electrons. The van der Waals surface area contributed by atoms with Crippen LogP contribution >= 0.6 is 0 Å². The van der Waals surface area contributed by atoms with Gasteiger partial charge < -0.3 is 4.74 Å². The molecule has 0 aliphatic heterocycles. The van der Waals surface area contributed by atoms with E-state index in [-0.39, 0.29) is 6.10 Å². The third-order valence-corrected chi connectivity index (χ3v) is 4.38. The highest BCUT2D eigenvalue weighted by atomic mass is 16.5. The Labute approximate surface area is 143 Å². The molecule has 24 heavy (non-hydrogen) atoms. The number of likely N-dealkylation sites (N-methyl/N-ethyl adjacent to an activating group) is 1. The van der Waals surface area contributed by atoms with Gasteiger partial charge in [-0.1, -0.05) is 62.4 Å². The Kier molecular flexibility index (Phi) is 5.44. The van der Waals surface area contributed by atoms with Crippen molar-refractivity contribution in [3.8, 4) is 5.88 Å². The molecule has 2 aromatic carbocycles. The van der Waals surface area contributed by atoms with Crippen LogP contribution in [0, 0.1) is 0 Å². The van der Waals surface area contributed by atoms with E-state index >= 15 is 0 Å². The van der Waals surface area contributed by atoms with Gasteiger partial charge in [0.25, 0.3) is 0 Å². The number of hydrogen-bond donors (Lipinski definition) is 0. The predicted octanol–water partition coefficient (Wildman–Crippen LogP) is 4.70. The van der Waals surface area contributed by atoms with Crippen molar-refractivity contribution in [2.45, 2.75) is 20.0 Å². The van der Waals surface area contributed by atoms with Crippen molar-refractivity contribution >= 4 is 10.8 Å². The summed E-state index contributed by atoms with van der Waals surface area (Å²) in [5.74, 6) is 0.703. The predicted molar refractivity (Wildman–Crippen MR) is 99.3 cm³/mol.